The fourth-order valence-electron chi connectivity index (χ4n) is 5.40. The minimum Gasteiger partial charge on any atom is -0.309 e. The van der Waals surface area contributed by atoms with Gasteiger partial charge in [0.15, 0.2) is 0 Å². The van der Waals surface area contributed by atoms with Crippen molar-refractivity contribution < 1.29 is 0 Å². The summed E-state index contributed by atoms with van der Waals surface area (Å²) in [5.74, 6) is 0. The van der Waals surface area contributed by atoms with Crippen LogP contribution in [0.1, 0.15) is 38.9 Å². The predicted octanol–water partition coefficient (Wildman–Crippen LogP) is 11.1. The monoisotopic (exact) mass is 541 g/mol. The first-order valence-corrected chi connectivity index (χ1v) is 14.5. The molecule has 1 nitrogen and oxygen atoms in total. The molecule has 0 spiro atoms. The zero-order chi connectivity index (χ0) is 28.9. The van der Waals surface area contributed by atoms with E-state index >= 15 is 0 Å². The summed E-state index contributed by atoms with van der Waals surface area (Å²) >= 11 is 0. The summed E-state index contributed by atoms with van der Waals surface area (Å²) in [5, 5.41) is 0. The molecule has 42 heavy (non-hydrogen) atoms. The van der Waals surface area contributed by atoms with Gasteiger partial charge in [0.05, 0.1) is 11.4 Å². The summed E-state index contributed by atoms with van der Waals surface area (Å²) in [4.78, 5) is 0. The van der Waals surface area contributed by atoms with Crippen molar-refractivity contribution in [3.63, 3.8) is 0 Å². The van der Waals surface area contributed by atoms with Crippen molar-refractivity contribution in [1.29, 1.82) is 0 Å². The average Bonchev–Trinajstić information content (AvgIpc) is 3.46. The molecule has 0 bridgehead atoms. The maximum Gasteiger partial charge on any atom is 0.0541 e. The fraction of sp³-hybridized carbons (Fsp3) is 0.0732. The zero-order valence-corrected chi connectivity index (χ0v) is 24.5. The van der Waals surface area contributed by atoms with Crippen molar-refractivity contribution in [2.75, 3.05) is 0 Å². The van der Waals surface area contributed by atoms with Crippen LogP contribution in [-0.4, -0.2) is 4.57 Å². The number of aromatic nitrogens is 1. The summed E-state index contributed by atoms with van der Waals surface area (Å²) in [6, 6.07) is 47.9. The van der Waals surface area contributed by atoms with Gasteiger partial charge in [0.2, 0.25) is 0 Å². The molecule has 0 aliphatic carbocycles. The summed E-state index contributed by atoms with van der Waals surface area (Å²) in [7, 11) is 0. The fourth-order valence-corrected chi connectivity index (χ4v) is 5.40. The summed E-state index contributed by atoms with van der Waals surface area (Å²) < 4.78 is 2.42. The Kier molecular flexibility index (Phi) is 7.83. The van der Waals surface area contributed by atoms with Gasteiger partial charge in [-0.15, -0.1) is 0 Å². The molecule has 1 aromatic heterocycles. The third-order valence-electron chi connectivity index (χ3n) is 7.65. The van der Waals surface area contributed by atoms with E-state index in [4.69, 9.17) is 0 Å². The van der Waals surface area contributed by atoms with Crippen molar-refractivity contribution in [2.24, 2.45) is 0 Å². The number of aryl methyl sites for hydroxylation is 3. The molecule has 0 atom stereocenters. The third kappa shape index (κ3) is 5.96. The lowest BCUT2D eigenvalue weighted by Gasteiger charge is -2.18. The lowest BCUT2D eigenvalue weighted by molar-refractivity contribution is 1.09. The van der Waals surface area contributed by atoms with E-state index in [2.05, 4.69) is 183 Å². The van der Waals surface area contributed by atoms with E-state index in [1.807, 2.05) is 0 Å². The number of nitrogens with zero attached hydrogens (tertiary/aromatic N) is 1. The van der Waals surface area contributed by atoms with Gasteiger partial charge < -0.3 is 4.57 Å². The molecule has 0 aliphatic rings. The molecule has 1 heteroatoms. The van der Waals surface area contributed by atoms with Crippen LogP contribution in [0.15, 0.2) is 133 Å². The van der Waals surface area contributed by atoms with E-state index in [0.29, 0.717) is 0 Å². The van der Waals surface area contributed by atoms with Gasteiger partial charge >= 0.3 is 0 Å². The molecule has 1 heterocycles. The van der Waals surface area contributed by atoms with Crippen molar-refractivity contribution in [3.05, 3.63) is 172 Å². The number of benzene rings is 5. The van der Waals surface area contributed by atoms with Crippen molar-refractivity contribution in [1.82, 2.24) is 4.57 Å². The van der Waals surface area contributed by atoms with Crippen LogP contribution in [-0.2, 0) is 0 Å². The Balaban J connectivity index is 1.54. The first-order chi connectivity index (χ1) is 20.5. The van der Waals surface area contributed by atoms with E-state index in [1.54, 1.807) is 0 Å². The van der Waals surface area contributed by atoms with E-state index in [9.17, 15) is 0 Å². The minimum atomic E-state index is 1.15. The van der Waals surface area contributed by atoms with Gasteiger partial charge in [-0.25, -0.2) is 0 Å². The van der Waals surface area contributed by atoms with E-state index < -0.39 is 0 Å². The highest BCUT2D eigenvalue weighted by Crippen LogP contribution is 2.37. The maximum absolute atomic E-state index is 2.42. The standard InChI is InChI=1S/C41H35N/c1-30-16-24-37(25-17-30)42-40(38-28-31(2)14-20-35(38)22-18-33-10-6-4-7-11-33)26-27-41(42)39-29-32(3)15-21-36(39)23-19-34-12-8-5-9-13-34/h4-29H,1-3H3/b22-18+,23-19+. The van der Waals surface area contributed by atoms with Gasteiger partial charge in [0, 0.05) is 16.8 Å². The van der Waals surface area contributed by atoms with Crippen LogP contribution >= 0.6 is 0 Å². The molecule has 6 aromatic rings. The van der Waals surface area contributed by atoms with Crippen LogP contribution in [0.25, 0.3) is 52.5 Å². The lowest BCUT2D eigenvalue weighted by atomic mass is 9.99. The van der Waals surface area contributed by atoms with Crippen LogP contribution in [0.2, 0.25) is 0 Å². The summed E-state index contributed by atoms with van der Waals surface area (Å²) in [5.41, 5.74) is 14.4. The number of hydrogen-bond donors (Lipinski definition) is 0. The Hall–Kier alpha value is -5.14. The molecular formula is C41H35N. The Morgan fingerprint density at radius 2 is 0.833 bits per heavy atom. The Labute approximate surface area is 249 Å². The second-order valence-corrected chi connectivity index (χ2v) is 10.9. The molecule has 0 aliphatic heterocycles. The van der Waals surface area contributed by atoms with Gasteiger partial charge in [0.25, 0.3) is 0 Å². The van der Waals surface area contributed by atoms with Crippen LogP contribution < -0.4 is 0 Å². The molecule has 5 aromatic carbocycles. The minimum absolute atomic E-state index is 1.15. The molecule has 0 unspecified atom stereocenters. The van der Waals surface area contributed by atoms with Gasteiger partial charge in [-0.2, -0.15) is 0 Å². The van der Waals surface area contributed by atoms with Crippen LogP contribution in [0, 0.1) is 20.8 Å². The van der Waals surface area contributed by atoms with Crippen LogP contribution in [0.3, 0.4) is 0 Å². The molecular weight excluding hydrogens is 506 g/mol. The Bertz CT molecular complexity index is 1750. The summed E-state index contributed by atoms with van der Waals surface area (Å²) in [6.07, 6.45) is 8.86. The molecule has 6 rings (SSSR count). The van der Waals surface area contributed by atoms with Gasteiger partial charge in [-0.1, -0.05) is 138 Å². The van der Waals surface area contributed by atoms with E-state index in [0.717, 1.165) is 5.69 Å². The molecule has 0 amide bonds. The largest absolute Gasteiger partial charge is 0.309 e. The quantitative estimate of drug-likeness (QED) is 0.177. The number of hydrogen-bond acceptors (Lipinski definition) is 0. The van der Waals surface area contributed by atoms with Crippen molar-refractivity contribution >= 4 is 24.3 Å². The Morgan fingerprint density at radius 3 is 1.29 bits per heavy atom. The summed E-state index contributed by atoms with van der Waals surface area (Å²) in [6.45, 7) is 6.48. The Morgan fingerprint density at radius 1 is 0.405 bits per heavy atom. The highest BCUT2D eigenvalue weighted by atomic mass is 15.0. The lowest BCUT2D eigenvalue weighted by Crippen LogP contribution is -2.01. The molecule has 0 saturated carbocycles. The second-order valence-electron chi connectivity index (χ2n) is 10.9. The first-order valence-electron chi connectivity index (χ1n) is 14.5. The normalized spacial score (nSPS) is 11.5. The second kappa shape index (κ2) is 12.2. The van der Waals surface area contributed by atoms with E-state index in [1.165, 1.54) is 61.5 Å². The maximum atomic E-state index is 2.42. The smallest absolute Gasteiger partial charge is 0.0541 e. The third-order valence-corrected chi connectivity index (χ3v) is 7.65. The zero-order valence-electron chi connectivity index (χ0n) is 24.5. The number of rotatable bonds is 7. The van der Waals surface area contributed by atoms with Crippen molar-refractivity contribution in [2.45, 2.75) is 20.8 Å². The van der Waals surface area contributed by atoms with Crippen LogP contribution in [0.5, 0.6) is 0 Å². The highest BCUT2D eigenvalue weighted by Gasteiger charge is 2.17. The first kappa shape index (κ1) is 27.1. The van der Waals surface area contributed by atoms with Crippen molar-refractivity contribution in [3.8, 4) is 28.2 Å². The SMILES string of the molecule is Cc1ccc(-n2c(-c3cc(C)ccc3/C=C/c3ccccc3)ccc2-c2cc(C)ccc2/C=C/c2ccccc2)cc1. The van der Waals surface area contributed by atoms with E-state index in [-0.39, 0.29) is 0 Å². The van der Waals surface area contributed by atoms with Gasteiger partial charge in [-0.3, -0.25) is 0 Å². The van der Waals surface area contributed by atoms with Gasteiger partial charge in [-0.05, 0) is 79.4 Å². The molecule has 0 radical (unpaired) electrons. The molecule has 0 saturated heterocycles. The van der Waals surface area contributed by atoms with Gasteiger partial charge in [0.1, 0.15) is 0 Å². The predicted molar refractivity (Wildman–Crippen MR) is 182 cm³/mol. The van der Waals surface area contributed by atoms with Crippen LogP contribution in [0.4, 0.5) is 0 Å². The highest BCUT2D eigenvalue weighted by molar-refractivity contribution is 5.86. The average molecular weight is 542 g/mol. The molecule has 204 valence electrons. The topological polar surface area (TPSA) is 4.93 Å². The molecule has 0 N–H and O–H groups in total. The molecule has 0 fully saturated rings.